The van der Waals surface area contributed by atoms with Crippen molar-refractivity contribution in [3.8, 4) is 5.75 Å². The minimum absolute atomic E-state index is 0. The summed E-state index contributed by atoms with van der Waals surface area (Å²) in [6, 6.07) is 1.85. The second-order valence-corrected chi connectivity index (χ2v) is 3.15. The molecule has 0 spiro atoms. The fourth-order valence-electron chi connectivity index (χ4n) is 1.12. The Bertz CT molecular complexity index is 389. The van der Waals surface area contributed by atoms with E-state index in [0.717, 1.165) is 6.92 Å². The Morgan fingerprint density at radius 2 is 1.65 bits per heavy atom. The molecule has 0 fully saturated rings. The zero-order chi connectivity index (χ0) is 12.6. The van der Waals surface area contributed by atoms with Crippen LogP contribution in [-0.4, -0.2) is 13.3 Å². The van der Waals surface area contributed by atoms with Gasteiger partial charge in [-0.05, 0) is 18.6 Å². The molecule has 0 amide bonds. The molecule has 0 radical (unpaired) electrons. The fraction of sp³-hybridized carbons (Fsp3) is 0.250. The maximum absolute atomic E-state index is 12.2. The quantitative estimate of drug-likeness (QED) is 0.546. The fourth-order valence-corrected chi connectivity index (χ4v) is 1.12. The van der Waals surface area contributed by atoms with Crippen LogP contribution in [0.25, 0.3) is 0 Å². The van der Waals surface area contributed by atoms with Crippen molar-refractivity contribution in [1.29, 1.82) is 0 Å². The van der Waals surface area contributed by atoms with E-state index in [-0.39, 0.29) is 56.9 Å². The van der Waals surface area contributed by atoms with Crippen molar-refractivity contribution in [2.75, 3.05) is 0 Å². The van der Waals surface area contributed by atoms with Gasteiger partial charge in [0.15, 0.2) is 0 Å². The molecule has 1 aromatic rings. The van der Waals surface area contributed by atoms with E-state index in [1.165, 1.54) is 0 Å². The van der Waals surface area contributed by atoms with Gasteiger partial charge in [-0.2, -0.15) is 0 Å². The topological polar surface area (TPSA) is 9.23 Å². The predicted octanol–water partition coefficient (Wildman–Crippen LogP) is -0.0480. The number of benzene rings is 1. The van der Waals surface area contributed by atoms with Crippen LogP contribution in [0, 0.1) is 6.92 Å². The Hall–Kier alpha value is 0.301. The van der Waals surface area contributed by atoms with Crippen LogP contribution in [0.2, 0.25) is 0 Å². The standard InChI is InChI=1S/C8H6BF6O.K/c1-5-4-6(9(13,14)15)2-3-7(5)16-8(10,11)12;/h2-4H,1H3;/q-1;+1. The normalized spacial score (nSPS) is 11.9. The first-order chi connectivity index (χ1) is 7.09. The molecule has 17 heavy (non-hydrogen) atoms. The minimum atomic E-state index is -5.21. The summed E-state index contributed by atoms with van der Waals surface area (Å²) in [5.41, 5.74) is -1.17. The van der Waals surface area contributed by atoms with Crippen LogP contribution in [0.3, 0.4) is 0 Å². The molecule has 1 rings (SSSR count). The van der Waals surface area contributed by atoms with Crippen molar-refractivity contribution >= 4 is 12.4 Å². The van der Waals surface area contributed by atoms with E-state index in [2.05, 4.69) is 4.74 Å². The van der Waals surface area contributed by atoms with E-state index in [0.29, 0.717) is 18.2 Å². The molecule has 0 aromatic heterocycles. The summed E-state index contributed by atoms with van der Waals surface area (Å²) in [5, 5.41) is 0. The minimum Gasteiger partial charge on any atom is -0.445 e. The third-order valence-corrected chi connectivity index (χ3v) is 1.80. The molecule has 0 bridgehead atoms. The predicted molar refractivity (Wildman–Crippen MR) is 46.6 cm³/mol. The van der Waals surface area contributed by atoms with Crippen molar-refractivity contribution in [3.63, 3.8) is 0 Å². The molecule has 9 heteroatoms. The molecule has 0 unspecified atom stereocenters. The van der Waals surface area contributed by atoms with Gasteiger partial charge in [-0.25, -0.2) is 0 Å². The first-order valence-corrected chi connectivity index (χ1v) is 4.16. The van der Waals surface area contributed by atoms with E-state index in [1.807, 2.05) is 0 Å². The third kappa shape index (κ3) is 5.65. The molecule has 0 aliphatic heterocycles. The Labute approximate surface area is 136 Å². The van der Waals surface area contributed by atoms with Crippen LogP contribution >= 0.6 is 0 Å². The van der Waals surface area contributed by atoms with Crippen LogP contribution in [0.5, 0.6) is 5.75 Å². The van der Waals surface area contributed by atoms with Gasteiger partial charge in [-0.15, -0.1) is 18.6 Å². The summed E-state index contributed by atoms with van der Waals surface area (Å²) in [4.78, 5) is 0. The molecule has 0 N–H and O–H groups in total. The molecule has 0 saturated heterocycles. The Kier molecular flexibility index (Phi) is 6.07. The van der Waals surface area contributed by atoms with E-state index in [4.69, 9.17) is 0 Å². The summed E-state index contributed by atoms with van der Waals surface area (Å²) in [5.74, 6) is -0.628. The number of halogens is 6. The molecule has 0 heterocycles. The second kappa shape index (κ2) is 5.96. The average Bonchev–Trinajstić information content (AvgIpc) is 2.04. The largest absolute Gasteiger partial charge is 1.00 e. The van der Waals surface area contributed by atoms with Crippen LogP contribution < -0.4 is 61.6 Å². The van der Waals surface area contributed by atoms with Crippen molar-refractivity contribution in [2.45, 2.75) is 13.3 Å². The molecular formula is C8H6BF6KO. The summed E-state index contributed by atoms with van der Waals surface area (Å²) >= 11 is 0. The number of alkyl halides is 3. The number of rotatable bonds is 2. The summed E-state index contributed by atoms with van der Waals surface area (Å²) in [6.45, 7) is -4.09. The number of aryl methyl sites for hydroxylation is 1. The van der Waals surface area contributed by atoms with Gasteiger partial charge >= 0.3 is 64.7 Å². The van der Waals surface area contributed by atoms with Gasteiger partial charge in [0.1, 0.15) is 5.75 Å². The molecule has 0 atom stereocenters. The van der Waals surface area contributed by atoms with Gasteiger partial charge in [0.2, 0.25) is 0 Å². The number of ether oxygens (including phenoxy) is 1. The molecule has 90 valence electrons. The maximum Gasteiger partial charge on any atom is 1.00 e. The molecular weight excluding hydrogens is 276 g/mol. The molecule has 0 aliphatic carbocycles. The smallest absolute Gasteiger partial charge is 0.445 e. The van der Waals surface area contributed by atoms with E-state index in [1.54, 1.807) is 0 Å². The third-order valence-electron chi connectivity index (χ3n) is 1.80. The molecule has 0 aliphatic rings. The maximum atomic E-state index is 12.2. The van der Waals surface area contributed by atoms with Crippen molar-refractivity contribution in [2.24, 2.45) is 0 Å². The van der Waals surface area contributed by atoms with E-state index in [9.17, 15) is 26.1 Å². The van der Waals surface area contributed by atoms with Crippen molar-refractivity contribution < 1.29 is 82.2 Å². The van der Waals surface area contributed by atoms with Gasteiger partial charge in [0.05, 0.1) is 0 Å². The average molecular weight is 282 g/mol. The number of hydrogen-bond acceptors (Lipinski definition) is 1. The van der Waals surface area contributed by atoms with Gasteiger partial charge < -0.3 is 17.7 Å². The Balaban J connectivity index is 0.00000256. The monoisotopic (exact) mass is 282 g/mol. The Morgan fingerprint density at radius 1 is 1.12 bits per heavy atom. The zero-order valence-corrected chi connectivity index (χ0v) is 12.1. The van der Waals surface area contributed by atoms with Gasteiger partial charge in [-0.3, -0.25) is 0 Å². The summed E-state index contributed by atoms with van der Waals surface area (Å²) in [7, 11) is 0. The van der Waals surface area contributed by atoms with Crippen LogP contribution in [0.15, 0.2) is 18.2 Å². The van der Waals surface area contributed by atoms with Crippen LogP contribution in [0.1, 0.15) is 5.56 Å². The van der Waals surface area contributed by atoms with Gasteiger partial charge in [0, 0.05) is 0 Å². The first-order valence-electron chi connectivity index (χ1n) is 4.16. The molecule has 1 aromatic carbocycles. The Morgan fingerprint density at radius 3 is 2.00 bits per heavy atom. The van der Waals surface area contributed by atoms with Crippen molar-refractivity contribution in [3.05, 3.63) is 23.8 Å². The number of hydrogen-bond donors (Lipinski definition) is 0. The molecule has 0 saturated carbocycles. The van der Waals surface area contributed by atoms with Gasteiger partial charge in [0.25, 0.3) is 0 Å². The van der Waals surface area contributed by atoms with Gasteiger partial charge in [-0.1, -0.05) is 12.1 Å². The second-order valence-electron chi connectivity index (χ2n) is 3.15. The van der Waals surface area contributed by atoms with Crippen LogP contribution in [0.4, 0.5) is 26.1 Å². The first kappa shape index (κ1) is 17.3. The van der Waals surface area contributed by atoms with E-state index < -0.39 is 24.6 Å². The van der Waals surface area contributed by atoms with Crippen LogP contribution in [-0.2, 0) is 0 Å². The summed E-state index contributed by atoms with van der Waals surface area (Å²) in [6.07, 6.45) is -4.91. The zero-order valence-electron chi connectivity index (χ0n) is 8.99. The summed E-state index contributed by atoms with van der Waals surface area (Å²) < 4.78 is 75.7. The SMILES string of the molecule is Cc1cc([B-](F)(F)F)ccc1OC(F)(F)F.[K+]. The van der Waals surface area contributed by atoms with E-state index >= 15 is 0 Å². The van der Waals surface area contributed by atoms with Crippen molar-refractivity contribution in [1.82, 2.24) is 0 Å². The molecule has 1 nitrogen and oxygen atoms in total.